The molecule has 1 aromatic carbocycles. The number of nitrogens with one attached hydrogen (secondary N) is 1. The number of ether oxygens (including phenoxy) is 1. The maximum Gasteiger partial charge on any atom is 0.434 e. The number of carbonyl (C=O) groups excluding carboxylic acids is 1. The van der Waals surface area contributed by atoms with Gasteiger partial charge >= 0.3 is 5.76 Å². The van der Waals surface area contributed by atoms with E-state index >= 15 is 0 Å². The van der Waals surface area contributed by atoms with E-state index in [1.807, 2.05) is 0 Å². The summed E-state index contributed by atoms with van der Waals surface area (Å²) >= 11 is 0. The van der Waals surface area contributed by atoms with Gasteiger partial charge in [-0.2, -0.15) is 0 Å². The van der Waals surface area contributed by atoms with Gasteiger partial charge in [0.15, 0.2) is 5.60 Å². The molecule has 3 rings (SSSR count). The maximum atomic E-state index is 14.2. The number of hydrogen-bond donors (Lipinski definition) is 1. The van der Waals surface area contributed by atoms with Gasteiger partial charge in [-0.05, 0) is 25.8 Å². The van der Waals surface area contributed by atoms with E-state index in [1.165, 1.54) is 13.2 Å². The number of halogens is 1. The molecule has 0 spiro atoms. The fourth-order valence-electron chi connectivity index (χ4n) is 3.24. The number of aromatic amines is 1. The molecule has 1 aliphatic heterocycles. The minimum Gasteiger partial charge on any atom is -0.392 e. The van der Waals surface area contributed by atoms with E-state index in [4.69, 9.17) is 9.15 Å². The highest BCUT2D eigenvalue weighted by atomic mass is 19.1. The second-order valence-electron chi connectivity index (χ2n) is 6.26. The Morgan fingerprint density at radius 3 is 2.88 bits per heavy atom. The average molecular weight is 349 g/mol. The number of piperidine rings is 1. The van der Waals surface area contributed by atoms with Crippen LogP contribution in [0.5, 0.6) is 0 Å². The van der Waals surface area contributed by atoms with Gasteiger partial charge in [0, 0.05) is 25.8 Å². The normalized spacial score (nSPS) is 20.3. The van der Waals surface area contributed by atoms with Crippen LogP contribution < -0.4 is 5.76 Å². The summed E-state index contributed by atoms with van der Waals surface area (Å²) in [5.41, 5.74) is -1.24. The molecule has 25 heavy (non-hydrogen) atoms. The summed E-state index contributed by atoms with van der Waals surface area (Å²) in [5.74, 6) is -1.34. The highest BCUT2D eigenvalue weighted by Crippen LogP contribution is 2.32. The summed E-state index contributed by atoms with van der Waals surface area (Å²) < 4.78 is 24.7. The van der Waals surface area contributed by atoms with Gasteiger partial charge in [-0.3, -0.25) is 4.79 Å². The van der Waals surface area contributed by atoms with E-state index in [0.29, 0.717) is 13.1 Å². The highest BCUT2D eigenvalue weighted by molar-refractivity contribution is 5.86. The first-order valence-electron chi connectivity index (χ1n) is 8.10. The third-order valence-corrected chi connectivity index (χ3v) is 4.72. The Kier molecular flexibility index (Phi) is 4.71. The monoisotopic (exact) mass is 349 g/mol. The first-order valence-corrected chi connectivity index (χ1v) is 8.10. The van der Waals surface area contributed by atoms with Crippen LogP contribution in [0.3, 0.4) is 0 Å². The van der Waals surface area contributed by atoms with E-state index in [1.54, 1.807) is 30.0 Å². The number of amides is 1. The molecule has 0 aliphatic carbocycles. The first-order chi connectivity index (χ1) is 12.0. The molecule has 0 bridgehead atoms. The molecular formula is C17H20FN3O4. The lowest BCUT2D eigenvalue weighted by molar-refractivity contribution is -0.156. The van der Waals surface area contributed by atoms with Crippen LogP contribution in [-0.4, -0.2) is 41.2 Å². The van der Waals surface area contributed by atoms with Gasteiger partial charge in [0.2, 0.25) is 5.89 Å². The van der Waals surface area contributed by atoms with Crippen LogP contribution in [-0.2, 0) is 15.1 Å². The predicted octanol–water partition coefficient (Wildman–Crippen LogP) is 1.77. The Bertz CT molecular complexity index is 818. The van der Waals surface area contributed by atoms with E-state index < -0.39 is 17.2 Å². The molecule has 2 aromatic rings. The third-order valence-electron chi connectivity index (χ3n) is 4.72. The summed E-state index contributed by atoms with van der Waals surface area (Å²) in [5, 5.41) is 6.09. The van der Waals surface area contributed by atoms with Crippen molar-refractivity contribution in [2.45, 2.75) is 31.3 Å². The number of H-pyrrole nitrogens is 1. The molecule has 0 saturated carbocycles. The van der Waals surface area contributed by atoms with Crippen molar-refractivity contribution < 1.29 is 18.3 Å². The number of rotatable bonds is 4. The molecule has 134 valence electrons. The molecule has 0 radical (unpaired) electrons. The largest absolute Gasteiger partial charge is 0.434 e. The van der Waals surface area contributed by atoms with Crippen LogP contribution in [0.15, 0.2) is 33.5 Å². The minimum absolute atomic E-state index is 0.182. The maximum absolute atomic E-state index is 14.2. The second-order valence-corrected chi connectivity index (χ2v) is 6.26. The molecule has 2 heterocycles. The van der Waals surface area contributed by atoms with Gasteiger partial charge in [0.05, 0.1) is 5.92 Å². The molecule has 1 aromatic heterocycles. The molecule has 2 atom stereocenters. The van der Waals surface area contributed by atoms with E-state index in [9.17, 15) is 14.0 Å². The fourth-order valence-corrected chi connectivity index (χ4v) is 3.24. The Balaban J connectivity index is 1.85. The van der Waals surface area contributed by atoms with E-state index in [0.717, 1.165) is 12.8 Å². The van der Waals surface area contributed by atoms with Gasteiger partial charge < -0.3 is 14.1 Å². The highest BCUT2D eigenvalue weighted by Gasteiger charge is 2.42. The van der Waals surface area contributed by atoms with Gasteiger partial charge in [-0.25, -0.2) is 14.3 Å². The Morgan fingerprint density at radius 2 is 2.24 bits per heavy atom. The lowest BCUT2D eigenvalue weighted by Gasteiger charge is -2.37. The number of hydrogen-bond acceptors (Lipinski definition) is 5. The fraction of sp³-hybridized carbons (Fsp3) is 0.471. The summed E-state index contributed by atoms with van der Waals surface area (Å²) in [6.07, 6.45) is 1.48. The van der Waals surface area contributed by atoms with Crippen LogP contribution >= 0.6 is 0 Å². The van der Waals surface area contributed by atoms with Gasteiger partial charge in [0.25, 0.3) is 5.91 Å². The summed E-state index contributed by atoms with van der Waals surface area (Å²) in [6, 6.07) is 6.08. The zero-order chi connectivity index (χ0) is 18.0. The molecule has 0 unspecified atom stereocenters. The van der Waals surface area contributed by atoms with Crippen LogP contribution in [0.2, 0.25) is 0 Å². The van der Waals surface area contributed by atoms with Crippen molar-refractivity contribution in [3.8, 4) is 0 Å². The van der Waals surface area contributed by atoms with E-state index in [2.05, 4.69) is 10.2 Å². The smallest absolute Gasteiger partial charge is 0.392 e. The molecular weight excluding hydrogens is 329 g/mol. The summed E-state index contributed by atoms with van der Waals surface area (Å²) in [4.78, 5) is 25.9. The van der Waals surface area contributed by atoms with Crippen molar-refractivity contribution in [2.75, 3.05) is 20.2 Å². The zero-order valence-corrected chi connectivity index (χ0v) is 14.1. The lowest BCUT2D eigenvalue weighted by atomic mass is 9.91. The van der Waals surface area contributed by atoms with Gasteiger partial charge in [-0.1, -0.05) is 18.2 Å². The number of carbonyl (C=O) groups is 1. The number of aromatic nitrogens is 2. The molecule has 1 aliphatic rings. The number of benzene rings is 1. The van der Waals surface area contributed by atoms with Gasteiger partial charge in [0.1, 0.15) is 5.82 Å². The van der Waals surface area contributed by atoms with Crippen molar-refractivity contribution >= 4 is 5.91 Å². The van der Waals surface area contributed by atoms with E-state index in [-0.39, 0.29) is 23.3 Å². The second kappa shape index (κ2) is 6.79. The number of nitrogens with zero attached hydrogens (tertiary/aromatic N) is 2. The molecule has 7 nitrogen and oxygen atoms in total. The van der Waals surface area contributed by atoms with Crippen molar-refractivity contribution in [1.82, 2.24) is 15.1 Å². The van der Waals surface area contributed by atoms with Crippen LogP contribution in [0.1, 0.15) is 37.1 Å². The number of likely N-dealkylation sites (tertiary alicyclic amines) is 1. The summed E-state index contributed by atoms with van der Waals surface area (Å²) in [7, 11) is 1.39. The van der Waals surface area contributed by atoms with Crippen LogP contribution in [0.4, 0.5) is 4.39 Å². The Labute approximate surface area is 143 Å². The molecule has 1 N–H and O–H groups in total. The van der Waals surface area contributed by atoms with Gasteiger partial charge in [-0.15, -0.1) is 5.10 Å². The average Bonchev–Trinajstić information content (AvgIpc) is 3.07. The van der Waals surface area contributed by atoms with Crippen LogP contribution in [0, 0.1) is 5.82 Å². The van der Waals surface area contributed by atoms with Crippen molar-refractivity contribution in [1.29, 1.82) is 0 Å². The first kappa shape index (κ1) is 17.3. The zero-order valence-electron chi connectivity index (χ0n) is 14.1. The standard InChI is InChI=1S/C17H20FN3O4/c1-17(24-2,12-7-3-4-8-13(12)18)15(22)21-9-5-6-11(10-21)14-19-20-16(23)25-14/h3-4,7-8,11H,5-6,9-10H2,1-2H3,(H,20,23)/t11-,17-/m1/s1. The SMILES string of the molecule is CO[C@@](C)(C(=O)N1CCC[C@@H](c2n[nH]c(=O)o2)C1)c1ccccc1F. The Hall–Kier alpha value is -2.48. The lowest BCUT2D eigenvalue weighted by Crippen LogP contribution is -2.50. The van der Waals surface area contributed by atoms with Crippen molar-refractivity contribution in [2.24, 2.45) is 0 Å². The molecule has 1 saturated heterocycles. The molecule has 1 amide bonds. The summed E-state index contributed by atoms with van der Waals surface area (Å²) in [6.45, 7) is 2.42. The van der Waals surface area contributed by atoms with Crippen molar-refractivity contribution in [3.05, 3.63) is 52.1 Å². The molecule has 1 fully saturated rings. The Morgan fingerprint density at radius 1 is 1.48 bits per heavy atom. The predicted molar refractivity (Wildman–Crippen MR) is 86.4 cm³/mol. The quantitative estimate of drug-likeness (QED) is 0.909. The molecule has 8 heteroatoms. The van der Waals surface area contributed by atoms with Crippen molar-refractivity contribution in [3.63, 3.8) is 0 Å². The number of methoxy groups -OCH3 is 1. The van der Waals surface area contributed by atoms with Crippen LogP contribution in [0.25, 0.3) is 0 Å². The minimum atomic E-state index is -1.43. The topological polar surface area (TPSA) is 88.4 Å². The third kappa shape index (κ3) is 3.21.